The number of rotatable bonds is 4. The number of nitrogens with one attached hydrogen (secondary N) is 2. The van der Waals surface area contributed by atoms with Crippen molar-refractivity contribution in [3.05, 3.63) is 65.5 Å². The van der Waals surface area contributed by atoms with Crippen molar-refractivity contribution >= 4 is 43.9 Å². The predicted molar refractivity (Wildman–Crippen MR) is 131 cm³/mol. The fraction of sp³-hybridized carbons (Fsp3) is 0.333. The van der Waals surface area contributed by atoms with Crippen LogP contribution in [0.1, 0.15) is 12.8 Å². The lowest BCUT2D eigenvalue weighted by Gasteiger charge is -2.48. The van der Waals surface area contributed by atoms with Crippen LogP contribution in [0.25, 0.3) is 4.86 Å². The molecule has 2 spiro atoms. The Balaban J connectivity index is 1.63. The van der Waals surface area contributed by atoms with E-state index in [0.717, 1.165) is 35.7 Å². The average molecular weight is 499 g/mol. The normalized spacial score (nSPS) is 30.5. The minimum absolute atomic E-state index is 0.666. The van der Waals surface area contributed by atoms with Gasteiger partial charge in [-0.15, -0.1) is 5.09 Å². The third-order valence-electron chi connectivity index (χ3n) is 4.47. The SMILES string of the molecule is c1ccc(SP2(Sc3ccccc3)=N[P+]3(N=[P@]4([N-]2)NCCCO4)NCCCO3)cc1. The lowest BCUT2D eigenvalue weighted by Crippen LogP contribution is -2.27. The lowest BCUT2D eigenvalue weighted by molar-refractivity contribution is 0.298. The van der Waals surface area contributed by atoms with Crippen LogP contribution >= 0.6 is 43.9 Å². The van der Waals surface area contributed by atoms with Crippen LogP contribution in [0.2, 0.25) is 0 Å². The molecule has 2 aromatic carbocycles. The quantitative estimate of drug-likeness (QED) is 0.423. The molecule has 5 rings (SSSR count). The molecule has 0 radical (unpaired) electrons. The molecule has 1 unspecified atom stereocenters. The highest BCUT2D eigenvalue weighted by atomic mass is 33.1. The Kier molecular flexibility index (Phi) is 6.76. The van der Waals surface area contributed by atoms with Crippen LogP contribution in [-0.4, -0.2) is 26.3 Å². The van der Waals surface area contributed by atoms with Gasteiger partial charge < -0.3 is 9.38 Å². The maximum atomic E-state index is 6.28. The second-order valence-corrected chi connectivity index (χ2v) is 19.5. The first-order valence-corrected chi connectivity index (χ1v) is 17.7. The fourth-order valence-electron chi connectivity index (χ4n) is 3.15. The molecule has 0 aromatic heterocycles. The molecular weight excluding hydrogens is 475 g/mol. The van der Waals surface area contributed by atoms with Crippen molar-refractivity contribution in [3.8, 4) is 0 Å². The summed E-state index contributed by atoms with van der Waals surface area (Å²) in [6.07, 6.45) is 1.93. The van der Waals surface area contributed by atoms with Gasteiger partial charge in [0.25, 0.3) is 0 Å². The smallest absolute Gasteiger partial charge is 0.461 e. The molecule has 7 nitrogen and oxygen atoms in total. The zero-order chi connectivity index (χ0) is 20.3. The molecule has 0 bridgehead atoms. The van der Waals surface area contributed by atoms with E-state index >= 15 is 0 Å². The van der Waals surface area contributed by atoms with Crippen molar-refractivity contribution in [2.24, 2.45) is 9.03 Å². The van der Waals surface area contributed by atoms with Crippen molar-refractivity contribution in [1.29, 1.82) is 0 Å². The first-order valence-electron chi connectivity index (χ1n) is 9.89. The molecule has 12 heteroatoms. The Morgan fingerprint density at radius 3 is 2.10 bits per heavy atom. The highest BCUT2D eigenvalue weighted by Gasteiger charge is 2.50. The highest BCUT2D eigenvalue weighted by Crippen LogP contribution is 2.95. The van der Waals surface area contributed by atoms with Gasteiger partial charge in [0.05, 0.1) is 18.8 Å². The Bertz CT molecular complexity index is 934. The summed E-state index contributed by atoms with van der Waals surface area (Å²) in [4.78, 5) is 7.63. The first-order chi connectivity index (χ1) is 14.7. The molecule has 30 heavy (non-hydrogen) atoms. The van der Waals surface area contributed by atoms with Gasteiger partial charge in [-0.2, -0.15) is 4.52 Å². The molecule has 2 aromatic rings. The summed E-state index contributed by atoms with van der Waals surface area (Å²) < 4.78 is 23.0. The minimum atomic E-state index is -2.54. The number of benzene rings is 2. The third kappa shape index (κ3) is 4.92. The Morgan fingerprint density at radius 2 is 1.53 bits per heavy atom. The van der Waals surface area contributed by atoms with Crippen molar-refractivity contribution in [2.75, 3.05) is 26.3 Å². The molecule has 0 aliphatic carbocycles. The molecule has 0 saturated carbocycles. The molecule has 160 valence electrons. The van der Waals surface area contributed by atoms with Gasteiger partial charge in [-0.3, -0.25) is 5.09 Å². The second-order valence-electron chi connectivity index (χ2n) is 6.85. The number of hydrogen-bond donors (Lipinski definition) is 2. The van der Waals surface area contributed by atoms with E-state index in [1.54, 1.807) is 22.8 Å². The van der Waals surface area contributed by atoms with E-state index in [-0.39, 0.29) is 0 Å². The van der Waals surface area contributed by atoms with Gasteiger partial charge in [-0.25, -0.2) is 0 Å². The summed E-state index contributed by atoms with van der Waals surface area (Å²) in [6.45, 7) is 3.04. The van der Waals surface area contributed by atoms with E-state index in [2.05, 4.69) is 58.7 Å². The van der Waals surface area contributed by atoms with Gasteiger partial charge >= 0.3 is 7.94 Å². The van der Waals surface area contributed by atoms with E-state index in [0.29, 0.717) is 13.2 Å². The van der Waals surface area contributed by atoms with Crippen LogP contribution < -0.4 is 10.2 Å². The van der Waals surface area contributed by atoms with Gasteiger partial charge in [-0.05, 0) is 37.1 Å². The van der Waals surface area contributed by atoms with Crippen LogP contribution in [0.5, 0.6) is 0 Å². The summed E-state index contributed by atoms with van der Waals surface area (Å²) in [5.74, 6) is 0. The standard InChI is InChI=1S/C18H24N5O2P3S2/c1-3-9-17(10-4-1)29-28(30-18-11-5-2-6-12-18)22-26(19-13-7-15-24-26)21-27(23-28)20-14-8-16-25-27/h1-6,9-12,19-20H,7-8,13-16H2/t26-,27?/m0/s1. The zero-order valence-corrected chi connectivity index (χ0v) is 20.6. The molecule has 0 amide bonds. The minimum Gasteiger partial charge on any atom is -0.520 e. The van der Waals surface area contributed by atoms with E-state index in [1.165, 1.54) is 0 Å². The predicted octanol–water partition coefficient (Wildman–Crippen LogP) is 7.55. The second kappa shape index (κ2) is 9.36. The van der Waals surface area contributed by atoms with Crippen molar-refractivity contribution in [1.82, 2.24) is 10.2 Å². The zero-order valence-electron chi connectivity index (χ0n) is 16.3. The van der Waals surface area contributed by atoms with E-state index < -0.39 is 21.1 Å². The van der Waals surface area contributed by atoms with Crippen molar-refractivity contribution < 1.29 is 9.05 Å². The maximum Gasteiger partial charge on any atom is 0.461 e. The summed E-state index contributed by atoms with van der Waals surface area (Å²) in [6, 6.07) is 20.8. The van der Waals surface area contributed by atoms with Crippen LogP contribution in [0.3, 0.4) is 0 Å². The molecule has 2 saturated heterocycles. The van der Waals surface area contributed by atoms with Crippen LogP contribution in [0.4, 0.5) is 0 Å². The average Bonchev–Trinajstić information content (AvgIpc) is 2.75. The maximum absolute atomic E-state index is 6.28. The van der Waals surface area contributed by atoms with E-state index in [4.69, 9.17) is 22.9 Å². The number of hydrogen-bond acceptors (Lipinski definition) is 8. The molecule has 3 aliphatic heterocycles. The van der Waals surface area contributed by atoms with Gasteiger partial charge in [0.2, 0.25) is 0 Å². The Hall–Kier alpha value is -0.170. The first kappa shape index (κ1) is 21.7. The van der Waals surface area contributed by atoms with Crippen molar-refractivity contribution in [2.45, 2.75) is 22.6 Å². The summed E-state index contributed by atoms with van der Waals surface area (Å²) in [7, 11) is -5.08. The lowest BCUT2D eigenvalue weighted by atomic mass is 10.4. The molecule has 3 heterocycles. The molecule has 3 aliphatic rings. The van der Waals surface area contributed by atoms with Gasteiger partial charge in [0.1, 0.15) is 7.58 Å². The van der Waals surface area contributed by atoms with E-state index in [1.807, 2.05) is 12.1 Å². The summed E-state index contributed by atoms with van der Waals surface area (Å²) in [5, 5.41) is 7.07. The van der Waals surface area contributed by atoms with E-state index in [9.17, 15) is 0 Å². The Morgan fingerprint density at radius 1 is 0.867 bits per heavy atom. The topological polar surface area (TPSA) is 81.3 Å². The van der Waals surface area contributed by atoms with Crippen LogP contribution in [0, 0.1) is 0 Å². The van der Waals surface area contributed by atoms with Gasteiger partial charge in [-0.1, -0.05) is 68.2 Å². The largest absolute Gasteiger partial charge is 0.520 e. The van der Waals surface area contributed by atoms with Crippen molar-refractivity contribution in [3.63, 3.8) is 0 Å². The molecular formula is C18H24N5O2P3S2. The van der Waals surface area contributed by atoms with Gasteiger partial charge in [0.15, 0.2) is 0 Å². The third-order valence-corrected chi connectivity index (χ3v) is 20.6. The van der Waals surface area contributed by atoms with Crippen LogP contribution in [-0.2, 0) is 9.05 Å². The summed E-state index contributed by atoms with van der Waals surface area (Å²) in [5.41, 5.74) is -2.39. The van der Waals surface area contributed by atoms with Crippen LogP contribution in [0.15, 0.2) is 79.5 Å². The number of nitrogens with zero attached hydrogens (tertiary/aromatic N) is 3. The molecule has 2 atom stereocenters. The monoisotopic (exact) mass is 499 g/mol. The molecule has 2 N–H and O–H groups in total. The van der Waals surface area contributed by atoms with Gasteiger partial charge in [0, 0.05) is 22.9 Å². The highest BCUT2D eigenvalue weighted by molar-refractivity contribution is 8.93. The summed E-state index contributed by atoms with van der Waals surface area (Å²) >= 11 is 3.48. The molecule has 2 fully saturated rings. The fourth-order valence-corrected chi connectivity index (χ4v) is 23.0. The Labute approximate surface area is 186 Å².